The lowest BCUT2D eigenvalue weighted by Gasteiger charge is -2.08. The largest absolute Gasteiger partial charge is 0.384 e. The summed E-state index contributed by atoms with van der Waals surface area (Å²) in [5.41, 5.74) is 3.55. The van der Waals surface area contributed by atoms with Crippen molar-refractivity contribution in [3.8, 4) is 0 Å². The Balaban J connectivity index is 2.95. The first-order valence-electron chi connectivity index (χ1n) is 4.47. The smallest absolute Gasteiger partial charge is 0.0632 e. The van der Waals surface area contributed by atoms with Crippen LogP contribution < -0.4 is 5.32 Å². The van der Waals surface area contributed by atoms with Crippen molar-refractivity contribution in [2.45, 2.75) is 27.2 Å². The summed E-state index contributed by atoms with van der Waals surface area (Å²) in [6.45, 7) is 7.24. The number of anilines is 1. The second-order valence-corrected chi connectivity index (χ2v) is 2.89. The van der Waals surface area contributed by atoms with Gasteiger partial charge in [0.05, 0.1) is 11.4 Å². The molecule has 0 amide bonds. The Bertz CT molecular complexity index is 256. The maximum absolute atomic E-state index is 4.35. The fourth-order valence-corrected chi connectivity index (χ4v) is 1.22. The van der Waals surface area contributed by atoms with E-state index < -0.39 is 0 Å². The van der Waals surface area contributed by atoms with Crippen molar-refractivity contribution >= 4 is 5.69 Å². The lowest BCUT2D eigenvalue weighted by molar-refractivity contribution is 1.02. The molecular weight excluding hydrogens is 148 g/mol. The Kier molecular flexibility index (Phi) is 3.09. The van der Waals surface area contributed by atoms with Gasteiger partial charge in [0, 0.05) is 12.7 Å². The third-order valence-corrected chi connectivity index (χ3v) is 1.81. The second kappa shape index (κ2) is 4.10. The third-order valence-electron chi connectivity index (χ3n) is 1.81. The number of hydrogen-bond acceptors (Lipinski definition) is 2. The first-order chi connectivity index (χ1) is 5.77. The molecule has 0 radical (unpaired) electrons. The highest BCUT2D eigenvalue weighted by atomic mass is 14.9. The van der Waals surface area contributed by atoms with Crippen LogP contribution in [0.2, 0.25) is 0 Å². The quantitative estimate of drug-likeness (QED) is 0.742. The van der Waals surface area contributed by atoms with Gasteiger partial charge in [0.25, 0.3) is 0 Å². The molecule has 0 atom stereocenters. The Hall–Kier alpha value is -1.05. The van der Waals surface area contributed by atoms with E-state index in [0.717, 1.165) is 18.7 Å². The predicted molar refractivity (Wildman–Crippen MR) is 52.5 cm³/mol. The molecule has 2 nitrogen and oxygen atoms in total. The van der Waals surface area contributed by atoms with E-state index in [4.69, 9.17) is 0 Å². The highest BCUT2D eigenvalue weighted by molar-refractivity contribution is 5.49. The van der Waals surface area contributed by atoms with Crippen LogP contribution in [0, 0.1) is 6.92 Å². The molecule has 0 aliphatic rings. The van der Waals surface area contributed by atoms with Gasteiger partial charge in [-0.25, -0.2) is 0 Å². The van der Waals surface area contributed by atoms with E-state index in [1.165, 1.54) is 11.3 Å². The van der Waals surface area contributed by atoms with Gasteiger partial charge < -0.3 is 5.32 Å². The van der Waals surface area contributed by atoms with Gasteiger partial charge in [-0.3, -0.25) is 4.98 Å². The molecule has 12 heavy (non-hydrogen) atoms. The summed E-state index contributed by atoms with van der Waals surface area (Å²) >= 11 is 0. The number of nitrogens with zero attached hydrogens (tertiary/aromatic N) is 1. The average Bonchev–Trinajstić information content (AvgIpc) is 2.05. The van der Waals surface area contributed by atoms with Crippen LogP contribution in [0.15, 0.2) is 12.3 Å². The number of aromatic nitrogens is 1. The lowest BCUT2D eigenvalue weighted by Crippen LogP contribution is -2.02. The summed E-state index contributed by atoms with van der Waals surface area (Å²) in [6.07, 6.45) is 2.91. The highest BCUT2D eigenvalue weighted by Gasteiger charge is 1.99. The van der Waals surface area contributed by atoms with Gasteiger partial charge in [-0.1, -0.05) is 6.92 Å². The molecule has 0 spiro atoms. The van der Waals surface area contributed by atoms with Crippen LogP contribution in [0.5, 0.6) is 0 Å². The van der Waals surface area contributed by atoms with Crippen molar-refractivity contribution in [3.63, 3.8) is 0 Å². The molecular formula is C10H16N2. The minimum absolute atomic E-state index is 0.956. The summed E-state index contributed by atoms with van der Waals surface area (Å²) in [6, 6.07) is 2.15. The molecule has 0 unspecified atom stereocenters. The standard InChI is InChI=1S/C10H16N2/c1-4-9-10(11-5-2)6-8(3)7-12-9/h6-7,11H,4-5H2,1-3H3. The molecule has 1 aromatic heterocycles. The van der Waals surface area contributed by atoms with Crippen molar-refractivity contribution < 1.29 is 0 Å². The molecule has 0 aliphatic carbocycles. The Labute approximate surface area is 74.0 Å². The molecule has 0 aliphatic heterocycles. The van der Waals surface area contributed by atoms with Gasteiger partial charge in [0.15, 0.2) is 0 Å². The molecule has 66 valence electrons. The Morgan fingerprint density at radius 3 is 2.75 bits per heavy atom. The maximum atomic E-state index is 4.35. The second-order valence-electron chi connectivity index (χ2n) is 2.89. The van der Waals surface area contributed by atoms with E-state index in [0.29, 0.717) is 0 Å². The molecule has 1 rings (SSSR count). The third kappa shape index (κ3) is 1.97. The topological polar surface area (TPSA) is 24.9 Å². The number of nitrogens with one attached hydrogen (secondary N) is 1. The fraction of sp³-hybridized carbons (Fsp3) is 0.500. The van der Waals surface area contributed by atoms with Crippen LogP contribution in [-0.2, 0) is 6.42 Å². The van der Waals surface area contributed by atoms with Gasteiger partial charge in [0.2, 0.25) is 0 Å². The first kappa shape index (κ1) is 9.04. The summed E-state index contributed by atoms with van der Waals surface area (Å²) in [5, 5.41) is 3.31. The molecule has 0 aromatic carbocycles. The van der Waals surface area contributed by atoms with Crippen LogP contribution in [-0.4, -0.2) is 11.5 Å². The molecule has 0 bridgehead atoms. The fourth-order valence-electron chi connectivity index (χ4n) is 1.22. The number of rotatable bonds is 3. The zero-order chi connectivity index (χ0) is 8.97. The molecule has 1 N–H and O–H groups in total. The summed E-state index contributed by atoms with van der Waals surface area (Å²) in [5.74, 6) is 0. The molecule has 2 heteroatoms. The minimum Gasteiger partial charge on any atom is -0.384 e. The molecule has 0 saturated carbocycles. The zero-order valence-corrected chi connectivity index (χ0v) is 8.02. The van der Waals surface area contributed by atoms with Gasteiger partial charge in [-0.05, 0) is 31.9 Å². The molecule has 1 heterocycles. The summed E-state index contributed by atoms with van der Waals surface area (Å²) < 4.78 is 0. The van der Waals surface area contributed by atoms with Gasteiger partial charge in [0.1, 0.15) is 0 Å². The Morgan fingerprint density at radius 2 is 2.17 bits per heavy atom. The van der Waals surface area contributed by atoms with E-state index in [2.05, 4.69) is 37.1 Å². The summed E-state index contributed by atoms with van der Waals surface area (Å²) in [7, 11) is 0. The van der Waals surface area contributed by atoms with Crippen LogP contribution in [0.1, 0.15) is 25.1 Å². The van der Waals surface area contributed by atoms with E-state index in [1.54, 1.807) is 0 Å². The average molecular weight is 164 g/mol. The van der Waals surface area contributed by atoms with Crippen molar-refractivity contribution in [2.24, 2.45) is 0 Å². The summed E-state index contributed by atoms with van der Waals surface area (Å²) in [4.78, 5) is 4.35. The van der Waals surface area contributed by atoms with Crippen LogP contribution in [0.25, 0.3) is 0 Å². The number of pyridine rings is 1. The molecule has 0 fully saturated rings. The van der Waals surface area contributed by atoms with Crippen LogP contribution in [0.4, 0.5) is 5.69 Å². The van der Waals surface area contributed by atoms with Gasteiger partial charge in [-0.15, -0.1) is 0 Å². The lowest BCUT2D eigenvalue weighted by atomic mass is 10.2. The van der Waals surface area contributed by atoms with Gasteiger partial charge >= 0.3 is 0 Å². The maximum Gasteiger partial charge on any atom is 0.0632 e. The van der Waals surface area contributed by atoms with Gasteiger partial charge in [-0.2, -0.15) is 0 Å². The van der Waals surface area contributed by atoms with Crippen molar-refractivity contribution in [2.75, 3.05) is 11.9 Å². The van der Waals surface area contributed by atoms with E-state index in [9.17, 15) is 0 Å². The van der Waals surface area contributed by atoms with Crippen LogP contribution >= 0.6 is 0 Å². The predicted octanol–water partition coefficient (Wildman–Crippen LogP) is 2.38. The minimum atomic E-state index is 0.956. The zero-order valence-electron chi connectivity index (χ0n) is 8.02. The first-order valence-corrected chi connectivity index (χ1v) is 4.47. The monoisotopic (exact) mass is 164 g/mol. The SMILES string of the molecule is CCNc1cc(C)cnc1CC. The van der Waals surface area contributed by atoms with Crippen molar-refractivity contribution in [3.05, 3.63) is 23.5 Å². The van der Waals surface area contributed by atoms with Crippen molar-refractivity contribution in [1.82, 2.24) is 4.98 Å². The molecule has 0 saturated heterocycles. The number of hydrogen-bond donors (Lipinski definition) is 1. The van der Waals surface area contributed by atoms with E-state index in [1.807, 2.05) is 6.20 Å². The number of aryl methyl sites for hydroxylation is 2. The van der Waals surface area contributed by atoms with E-state index >= 15 is 0 Å². The highest BCUT2D eigenvalue weighted by Crippen LogP contribution is 2.14. The van der Waals surface area contributed by atoms with Crippen molar-refractivity contribution in [1.29, 1.82) is 0 Å². The molecule has 1 aromatic rings. The van der Waals surface area contributed by atoms with E-state index in [-0.39, 0.29) is 0 Å². The van der Waals surface area contributed by atoms with Crippen LogP contribution in [0.3, 0.4) is 0 Å². The normalized spacial score (nSPS) is 9.92. The Morgan fingerprint density at radius 1 is 1.42 bits per heavy atom.